The van der Waals surface area contributed by atoms with E-state index >= 15 is 0 Å². The number of benzene rings is 2. The van der Waals surface area contributed by atoms with Crippen LogP contribution in [0, 0.1) is 0 Å². The van der Waals surface area contributed by atoms with Crippen molar-refractivity contribution >= 4 is 29.1 Å². The van der Waals surface area contributed by atoms with Crippen molar-refractivity contribution in [3.63, 3.8) is 0 Å². The van der Waals surface area contributed by atoms with Gasteiger partial charge >= 0.3 is 0 Å². The standard InChI is InChI=1S/C16H13ClN4O/c17-12-8-11(6-7-14(12)22)19-15-9-13(20-16(18)21-15)10-4-2-1-3-5-10/h1-9,22H,(H3,18,19,20,21). The summed E-state index contributed by atoms with van der Waals surface area (Å²) in [5, 5.41) is 12.8. The molecule has 0 unspecified atom stereocenters. The van der Waals surface area contributed by atoms with E-state index in [4.69, 9.17) is 17.3 Å². The van der Waals surface area contributed by atoms with Gasteiger partial charge in [-0.25, -0.2) is 4.98 Å². The van der Waals surface area contributed by atoms with Gasteiger partial charge in [-0.3, -0.25) is 0 Å². The molecule has 1 heterocycles. The third-order valence-electron chi connectivity index (χ3n) is 3.03. The van der Waals surface area contributed by atoms with Crippen LogP contribution in [0.4, 0.5) is 17.5 Å². The van der Waals surface area contributed by atoms with E-state index in [0.29, 0.717) is 11.5 Å². The maximum Gasteiger partial charge on any atom is 0.222 e. The molecule has 5 nitrogen and oxygen atoms in total. The third-order valence-corrected chi connectivity index (χ3v) is 3.34. The van der Waals surface area contributed by atoms with Crippen LogP contribution in [0.25, 0.3) is 11.3 Å². The Balaban J connectivity index is 1.94. The highest BCUT2D eigenvalue weighted by Crippen LogP contribution is 2.28. The monoisotopic (exact) mass is 312 g/mol. The van der Waals surface area contributed by atoms with Crippen LogP contribution in [0.3, 0.4) is 0 Å². The Bertz CT molecular complexity index is 808. The summed E-state index contributed by atoms with van der Waals surface area (Å²) in [5.41, 5.74) is 8.14. The van der Waals surface area contributed by atoms with Gasteiger partial charge in [0.2, 0.25) is 5.95 Å². The molecular weight excluding hydrogens is 300 g/mol. The van der Waals surface area contributed by atoms with Gasteiger partial charge in [0.05, 0.1) is 10.7 Å². The molecule has 0 saturated carbocycles. The molecule has 3 aromatic rings. The predicted molar refractivity (Wildman–Crippen MR) is 88.3 cm³/mol. The van der Waals surface area contributed by atoms with Crippen LogP contribution >= 0.6 is 11.6 Å². The van der Waals surface area contributed by atoms with E-state index in [0.717, 1.165) is 11.3 Å². The van der Waals surface area contributed by atoms with E-state index in [2.05, 4.69) is 15.3 Å². The average molecular weight is 313 g/mol. The lowest BCUT2D eigenvalue weighted by atomic mass is 10.1. The molecule has 3 rings (SSSR count). The quantitative estimate of drug-likeness (QED) is 0.640. The summed E-state index contributed by atoms with van der Waals surface area (Å²) in [7, 11) is 0. The zero-order chi connectivity index (χ0) is 15.5. The topological polar surface area (TPSA) is 84.1 Å². The first-order valence-electron chi connectivity index (χ1n) is 6.57. The van der Waals surface area contributed by atoms with Crippen molar-refractivity contribution in [3.05, 3.63) is 59.6 Å². The molecule has 0 radical (unpaired) electrons. The maximum atomic E-state index is 9.44. The average Bonchev–Trinajstić information content (AvgIpc) is 2.51. The number of nitrogens with zero attached hydrogens (tertiary/aromatic N) is 2. The van der Waals surface area contributed by atoms with Gasteiger partial charge in [0.25, 0.3) is 0 Å². The minimum Gasteiger partial charge on any atom is -0.506 e. The molecule has 1 aromatic heterocycles. The Morgan fingerprint density at radius 3 is 2.50 bits per heavy atom. The number of phenols is 1. The number of phenolic OH excluding ortho intramolecular Hbond substituents is 1. The zero-order valence-corrected chi connectivity index (χ0v) is 12.2. The summed E-state index contributed by atoms with van der Waals surface area (Å²) in [4.78, 5) is 8.39. The molecule has 0 bridgehead atoms. The third kappa shape index (κ3) is 3.10. The van der Waals surface area contributed by atoms with E-state index < -0.39 is 0 Å². The van der Waals surface area contributed by atoms with Crippen molar-refractivity contribution in [3.8, 4) is 17.0 Å². The van der Waals surface area contributed by atoms with Crippen LogP contribution in [-0.2, 0) is 0 Å². The van der Waals surface area contributed by atoms with E-state index in [1.807, 2.05) is 30.3 Å². The van der Waals surface area contributed by atoms with E-state index in [1.54, 1.807) is 18.2 Å². The molecule has 110 valence electrons. The molecule has 0 spiro atoms. The van der Waals surface area contributed by atoms with Crippen LogP contribution in [0.2, 0.25) is 5.02 Å². The normalized spacial score (nSPS) is 10.4. The molecule has 0 aliphatic heterocycles. The molecular formula is C16H13ClN4O. The van der Waals surface area contributed by atoms with Crippen LogP contribution in [-0.4, -0.2) is 15.1 Å². The summed E-state index contributed by atoms with van der Waals surface area (Å²) in [5.74, 6) is 0.751. The van der Waals surface area contributed by atoms with Gasteiger partial charge in [-0.1, -0.05) is 41.9 Å². The maximum absolute atomic E-state index is 9.44. The van der Waals surface area contributed by atoms with E-state index in [-0.39, 0.29) is 16.7 Å². The minimum absolute atomic E-state index is 0.0272. The van der Waals surface area contributed by atoms with Gasteiger partial charge in [-0.15, -0.1) is 0 Å². The van der Waals surface area contributed by atoms with Gasteiger partial charge in [0, 0.05) is 17.3 Å². The van der Waals surface area contributed by atoms with Gasteiger partial charge < -0.3 is 16.2 Å². The zero-order valence-electron chi connectivity index (χ0n) is 11.5. The minimum atomic E-state index is 0.0272. The van der Waals surface area contributed by atoms with Crippen LogP contribution in [0.15, 0.2) is 54.6 Å². The van der Waals surface area contributed by atoms with Crippen LogP contribution < -0.4 is 11.1 Å². The second-order valence-corrected chi connectivity index (χ2v) is 5.06. The Hall–Kier alpha value is -2.79. The van der Waals surface area contributed by atoms with Gasteiger partial charge in [0.15, 0.2) is 0 Å². The molecule has 0 aliphatic rings. The van der Waals surface area contributed by atoms with Crippen molar-refractivity contribution < 1.29 is 5.11 Å². The molecule has 0 atom stereocenters. The summed E-state index contributed by atoms with van der Waals surface area (Å²) in [6, 6.07) is 16.3. The molecule has 0 fully saturated rings. The first-order valence-corrected chi connectivity index (χ1v) is 6.95. The van der Waals surface area contributed by atoms with Gasteiger partial charge in [-0.05, 0) is 18.2 Å². The van der Waals surface area contributed by atoms with Crippen molar-refractivity contribution in [1.82, 2.24) is 9.97 Å². The molecule has 0 aliphatic carbocycles. The fraction of sp³-hybridized carbons (Fsp3) is 0. The number of nitrogens with two attached hydrogens (primary N) is 1. The lowest BCUT2D eigenvalue weighted by Gasteiger charge is -2.09. The Kier molecular flexibility index (Phi) is 3.80. The number of aromatic nitrogens is 2. The Morgan fingerprint density at radius 1 is 1.00 bits per heavy atom. The second-order valence-electron chi connectivity index (χ2n) is 4.65. The number of aromatic hydroxyl groups is 1. The van der Waals surface area contributed by atoms with Crippen molar-refractivity contribution in [1.29, 1.82) is 0 Å². The predicted octanol–water partition coefficient (Wildman–Crippen LogP) is 3.83. The van der Waals surface area contributed by atoms with Crippen molar-refractivity contribution in [2.75, 3.05) is 11.1 Å². The highest BCUT2D eigenvalue weighted by Gasteiger charge is 2.06. The molecule has 0 saturated heterocycles. The molecule has 6 heteroatoms. The lowest BCUT2D eigenvalue weighted by Crippen LogP contribution is -2.01. The summed E-state index contributed by atoms with van der Waals surface area (Å²) in [6.45, 7) is 0. The van der Waals surface area contributed by atoms with E-state index in [1.165, 1.54) is 6.07 Å². The summed E-state index contributed by atoms with van der Waals surface area (Å²) in [6.07, 6.45) is 0. The van der Waals surface area contributed by atoms with Crippen molar-refractivity contribution in [2.45, 2.75) is 0 Å². The largest absolute Gasteiger partial charge is 0.506 e. The number of halogens is 1. The van der Waals surface area contributed by atoms with Gasteiger partial charge in [0.1, 0.15) is 11.6 Å². The highest BCUT2D eigenvalue weighted by molar-refractivity contribution is 6.32. The number of hydrogen-bond donors (Lipinski definition) is 3. The molecule has 2 aromatic carbocycles. The first kappa shape index (κ1) is 14.2. The number of nitrogens with one attached hydrogen (secondary N) is 1. The number of hydrogen-bond acceptors (Lipinski definition) is 5. The smallest absolute Gasteiger partial charge is 0.222 e. The summed E-state index contributed by atoms with van der Waals surface area (Å²) < 4.78 is 0. The number of anilines is 3. The molecule has 22 heavy (non-hydrogen) atoms. The Morgan fingerprint density at radius 2 is 1.77 bits per heavy atom. The summed E-state index contributed by atoms with van der Waals surface area (Å²) >= 11 is 5.89. The Labute approximate surface area is 132 Å². The fourth-order valence-corrected chi connectivity index (χ4v) is 2.20. The molecule has 4 N–H and O–H groups in total. The second kappa shape index (κ2) is 5.91. The first-order chi connectivity index (χ1) is 10.6. The number of nitrogen functional groups attached to an aromatic ring is 1. The van der Waals surface area contributed by atoms with Crippen LogP contribution in [0.1, 0.15) is 0 Å². The number of rotatable bonds is 3. The van der Waals surface area contributed by atoms with Gasteiger partial charge in [-0.2, -0.15) is 4.98 Å². The lowest BCUT2D eigenvalue weighted by molar-refractivity contribution is 0.475. The van der Waals surface area contributed by atoms with Crippen LogP contribution in [0.5, 0.6) is 5.75 Å². The highest BCUT2D eigenvalue weighted by atomic mass is 35.5. The SMILES string of the molecule is Nc1nc(Nc2ccc(O)c(Cl)c2)cc(-c2ccccc2)n1. The fourth-order valence-electron chi connectivity index (χ4n) is 2.02. The van der Waals surface area contributed by atoms with E-state index in [9.17, 15) is 5.11 Å². The van der Waals surface area contributed by atoms with Crippen molar-refractivity contribution in [2.24, 2.45) is 0 Å². The molecule has 0 amide bonds.